The lowest BCUT2D eigenvalue weighted by Crippen LogP contribution is -2.50. The van der Waals surface area contributed by atoms with Crippen molar-refractivity contribution in [3.8, 4) is 5.75 Å². The standard InChI is InChI=1S/C38H49ClN2O6/c1-37(2,3)47-36(43)40(4)17-14-25-15-18-45-34(19-25)30-11-8-28(30)22-41-23-38(16-6-7-26-20-29(39)10-12-31(26)38)24-46-33-13-9-27(21-32(33)41)35(42)44-5/h9-10,12-14,20-21,28,30,34H,6-8,11,15-19,22-24H2,1-5H3/b25-14-/t28-,30+,34-,38-/m0/s1. The van der Waals surface area contributed by atoms with Crippen molar-refractivity contribution in [1.82, 2.24) is 4.90 Å². The van der Waals surface area contributed by atoms with Gasteiger partial charge in [-0.3, -0.25) is 0 Å². The molecule has 6 rings (SSSR count). The summed E-state index contributed by atoms with van der Waals surface area (Å²) in [5.74, 6) is 1.34. The molecule has 2 aromatic carbocycles. The smallest absolute Gasteiger partial charge is 0.410 e. The zero-order chi connectivity index (χ0) is 33.3. The third kappa shape index (κ3) is 7.44. The van der Waals surface area contributed by atoms with Crippen LogP contribution in [0.2, 0.25) is 5.02 Å². The number of hydrogen-bond acceptors (Lipinski definition) is 7. The quantitative estimate of drug-likeness (QED) is 0.233. The second-order valence-electron chi connectivity index (χ2n) is 14.9. The lowest BCUT2D eigenvalue weighted by molar-refractivity contribution is -0.0532. The minimum absolute atomic E-state index is 0.149. The molecule has 2 aliphatic carbocycles. The molecule has 2 fully saturated rings. The highest BCUT2D eigenvalue weighted by atomic mass is 35.5. The van der Waals surface area contributed by atoms with Gasteiger partial charge in [0, 0.05) is 37.1 Å². The van der Waals surface area contributed by atoms with Crippen LogP contribution in [0.15, 0.2) is 48.0 Å². The maximum absolute atomic E-state index is 12.6. The van der Waals surface area contributed by atoms with Crippen molar-refractivity contribution in [2.24, 2.45) is 11.8 Å². The molecule has 47 heavy (non-hydrogen) atoms. The van der Waals surface area contributed by atoms with Crippen molar-refractivity contribution in [1.29, 1.82) is 0 Å². The Morgan fingerprint density at radius 1 is 1.15 bits per heavy atom. The predicted octanol–water partition coefficient (Wildman–Crippen LogP) is 7.60. The van der Waals surface area contributed by atoms with E-state index in [1.807, 2.05) is 39.0 Å². The fourth-order valence-electron chi connectivity index (χ4n) is 7.85. The number of halogens is 1. The maximum atomic E-state index is 12.6. The summed E-state index contributed by atoms with van der Waals surface area (Å²) in [6, 6.07) is 12.0. The number of ether oxygens (including phenoxy) is 4. The topological polar surface area (TPSA) is 77.5 Å². The summed E-state index contributed by atoms with van der Waals surface area (Å²) >= 11 is 6.44. The predicted molar refractivity (Wildman–Crippen MR) is 184 cm³/mol. The maximum Gasteiger partial charge on any atom is 0.410 e. The van der Waals surface area contributed by atoms with Crippen LogP contribution in [0.4, 0.5) is 10.5 Å². The van der Waals surface area contributed by atoms with E-state index in [1.165, 1.54) is 23.8 Å². The molecule has 0 radical (unpaired) electrons. The molecule has 1 amide bonds. The molecule has 2 heterocycles. The van der Waals surface area contributed by atoms with Crippen LogP contribution in [0.1, 0.15) is 80.8 Å². The van der Waals surface area contributed by atoms with Gasteiger partial charge in [0.15, 0.2) is 0 Å². The number of fused-ring (bicyclic) bond motifs is 3. The number of amides is 1. The number of aryl methyl sites for hydroxylation is 1. The molecule has 0 unspecified atom stereocenters. The minimum Gasteiger partial charge on any atom is -0.490 e. The van der Waals surface area contributed by atoms with E-state index in [2.05, 4.69) is 23.1 Å². The first-order valence-electron chi connectivity index (χ1n) is 17.1. The molecule has 2 aromatic rings. The number of rotatable bonds is 6. The minimum atomic E-state index is -0.518. The van der Waals surface area contributed by atoms with E-state index in [0.29, 0.717) is 37.2 Å². The lowest BCUT2D eigenvalue weighted by atomic mass is 9.67. The third-order valence-corrected chi connectivity index (χ3v) is 10.7. The number of likely N-dealkylation sites (N-methyl/N-ethyl adjacent to an activating group) is 1. The monoisotopic (exact) mass is 664 g/mol. The van der Waals surface area contributed by atoms with Crippen LogP contribution < -0.4 is 9.64 Å². The molecular formula is C38H49ClN2O6. The highest BCUT2D eigenvalue weighted by Gasteiger charge is 2.45. The Bertz CT molecular complexity index is 1520. The number of carbonyl (C=O) groups is 2. The fraction of sp³-hybridized carbons (Fsp3) is 0.579. The largest absolute Gasteiger partial charge is 0.490 e. The molecule has 2 aliphatic heterocycles. The van der Waals surface area contributed by atoms with Gasteiger partial charge in [0.2, 0.25) is 0 Å². The van der Waals surface area contributed by atoms with E-state index in [0.717, 1.165) is 74.5 Å². The molecule has 4 aliphatic rings. The summed E-state index contributed by atoms with van der Waals surface area (Å²) in [5, 5.41) is 0.771. The lowest BCUT2D eigenvalue weighted by Gasteiger charge is -2.47. The van der Waals surface area contributed by atoms with Crippen molar-refractivity contribution < 1.29 is 28.5 Å². The van der Waals surface area contributed by atoms with Crippen LogP contribution in [0, 0.1) is 11.8 Å². The van der Waals surface area contributed by atoms with Crippen molar-refractivity contribution >= 4 is 29.4 Å². The van der Waals surface area contributed by atoms with Crippen molar-refractivity contribution in [3.63, 3.8) is 0 Å². The van der Waals surface area contributed by atoms with E-state index >= 15 is 0 Å². The summed E-state index contributed by atoms with van der Waals surface area (Å²) in [6.45, 7) is 9.10. The first kappa shape index (κ1) is 33.7. The number of esters is 1. The number of methoxy groups -OCH3 is 1. The number of benzene rings is 2. The molecule has 0 bridgehead atoms. The summed E-state index contributed by atoms with van der Waals surface area (Å²) in [6.07, 6.45) is 9.18. The zero-order valence-electron chi connectivity index (χ0n) is 28.5. The van der Waals surface area contributed by atoms with E-state index in [1.54, 1.807) is 18.0 Å². The summed E-state index contributed by atoms with van der Waals surface area (Å²) < 4.78 is 23.6. The molecular weight excluding hydrogens is 616 g/mol. The molecule has 1 spiro atoms. The SMILES string of the molecule is COC(=O)c1ccc2c(c1)N(C[C@@H]1CC[C@H]1[C@@H]1C/C(=C\CN(C)C(=O)OC(C)(C)C)CCO1)C[C@@]1(CCCc3cc(Cl)ccc31)CO2. The van der Waals surface area contributed by atoms with Gasteiger partial charge in [-0.1, -0.05) is 29.3 Å². The van der Waals surface area contributed by atoms with Crippen LogP contribution in [0.25, 0.3) is 0 Å². The fourth-order valence-corrected chi connectivity index (χ4v) is 8.05. The Labute approximate surface area is 284 Å². The summed E-state index contributed by atoms with van der Waals surface area (Å²) in [4.78, 5) is 29.2. The normalized spacial score (nSPS) is 26.4. The van der Waals surface area contributed by atoms with Crippen LogP contribution >= 0.6 is 11.6 Å². The van der Waals surface area contributed by atoms with Crippen molar-refractivity contribution in [3.05, 3.63) is 69.8 Å². The molecule has 1 saturated heterocycles. The first-order valence-corrected chi connectivity index (χ1v) is 17.5. The van der Waals surface area contributed by atoms with Gasteiger partial charge >= 0.3 is 12.1 Å². The van der Waals surface area contributed by atoms with Gasteiger partial charge in [-0.2, -0.15) is 0 Å². The Kier molecular flexibility index (Phi) is 9.82. The highest BCUT2D eigenvalue weighted by molar-refractivity contribution is 6.30. The van der Waals surface area contributed by atoms with Gasteiger partial charge in [-0.25, -0.2) is 9.59 Å². The number of nitrogens with zero attached hydrogens (tertiary/aromatic N) is 2. The van der Waals surface area contributed by atoms with Gasteiger partial charge in [-0.05, 0) is 119 Å². The molecule has 254 valence electrons. The Hall–Kier alpha value is -3.23. The van der Waals surface area contributed by atoms with Crippen molar-refractivity contribution in [2.75, 3.05) is 51.9 Å². The second kappa shape index (κ2) is 13.7. The van der Waals surface area contributed by atoms with Crippen LogP contribution in [0.3, 0.4) is 0 Å². The zero-order valence-corrected chi connectivity index (χ0v) is 29.2. The molecule has 1 saturated carbocycles. The van der Waals surface area contributed by atoms with Crippen LogP contribution in [0.5, 0.6) is 5.75 Å². The Balaban J connectivity index is 1.21. The molecule has 4 atom stereocenters. The molecule has 9 heteroatoms. The van der Waals surface area contributed by atoms with Crippen LogP contribution in [-0.2, 0) is 26.0 Å². The van der Waals surface area contributed by atoms with Crippen LogP contribution in [-0.4, -0.2) is 75.7 Å². The van der Waals surface area contributed by atoms with Crippen molar-refractivity contribution in [2.45, 2.75) is 82.8 Å². The van der Waals surface area contributed by atoms with E-state index in [-0.39, 0.29) is 23.6 Å². The van der Waals surface area contributed by atoms with Gasteiger partial charge in [0.05, 0.1) is 37.7 Å². The average Bonchev–Trinajstić information content (AvgIpc) is 3.17. The van der Waals surface area contributed by atoms with Gasteiger partial charge in [-0.15, -0.1) is 0 Å². The average molecular weight is 665 g/mol. The molecule has 0 aromatic heterocycles. The Morgan fingerprint density at radius 3 is 2.72 bits per heavy atom. The van der Waals surface area contributed by atoms with Gasteiger partial charge < -0.3 is 28.7 Å². The third-order valence-electron chi connectivity index (χ3n) is 10.4. The summed E-state index contributed by atoms with van der Waals surface area (Å²) in [7, 11) is 3.20. The Morgan fingerprint density at radius 2 is 1.98 bits per heavy atom. The number of hydrogen-bond donors (Lipinski definition) is 0. The highest BCUT2D eigenvalue weighted by Crippen LogP contribution is 2.47. The summed E-state index contributed by atoms with van der Waals surface area (Å²) in [5.41, 5.74) is 4.75. The first-order chi connectivity index (χ1) is 22.4. The second-order valence-corrected chi connectivity index (χ2v) is 15.3. The van der Waals surface area contributed by atoms with Gasteiger partial charge in [0.1, 0.15) is 11.4 Å². The van der Waals surface area contributed by atoms with E-state index in [9.17, 15) is 9.59 Å². The number of carbonyl (C=O) groups excluding carboxylic acids is 2. The molecule has 0 N–H and O–H groups in total. The van der Waals surface area contributed by atoms with Gasteiger partial charge in [0.25, 0.3) is 0 Å². The number of anilines is 1. The molecule has 8 nitrogen and oxygen atoms in total. The van der Waals surface area contributed by atoms with E-state index < -0.39 is 5.60 Å². The van der Waals surface area contributed by atoms with E-state index in [4.69, 9.17) is 30.5 Å².